The van der Waals surface area contributed by atoms with Crippen LogP contribution in [0.1, 0.15) is 33.1 Å². The zero-order chi connectivity index (χ0) is 11.8. The third kappa shape index (κ3) is 2.23. The first-order valence-electron chi connectivity index (χ1n) is 6.21. The van der Waals surface area contributed by atoms with Crippen molar-refractivity contribution in [3.63, 3.8) is 0 Å². The Hall–Kier alpha value is -0.610. The summed E-state index contributed by atoms with van der Waals surface area (Å²) < 4.78 is 0. The van der Waals surface area contributed by atoms with Crippen LogP contribution in [-0.4, -0.2) is 47.7 Å². The van der Waals surface area contributed by atoms with Crippen LogP contribution in [0.15, 0.2) is 0 Å². The van der Waals surface area contributed by atoms with Crippen LogP contribution in [0.25, 0.3) is 0 Å². The van der Waals surface area contributed by atoms with Crippen molar-refractivity contribution in [1.29, 1.82) is 0 Å². The minimum Gasteiger partial charge on any atom is -0.391 e. The van der Waals surface area contributed by atoms with Crippen LogP contribution < -0.4 is 5.32 Å². The Balaban J connectivity index is 2.03. The maximum Gasteiger partial charge on any atom is 0.240 e. The number of hydrogen-bond acceptors (Lipinski definition) is 3. The Kier molecular flexibility index (Phi) is 3.22. The SMILES string of the molecule is CC1(C)CCCNC1C(=O)N1CC[C@H](O)C1. The minimum atomic E-state index is -0.323. The molecule has 92 valence electrons. The van der Waals surface area contributed by atoms with Crippen molar-refractivity contribution in [2.45, 2.75) is 45.3 Å². The van der Waals surface area contributed by atoms with Gasteiger partial charge in [0, 0.05) is 13.1 Å². The van der Waals surface area contributed by atoms with Crippen LogP contribution in [0.2, 0.25) is 0 Å². The number of rotatable bonds is 1. The summed E-state index contributed by atoms with van der Waals surface area (Å²) in [5, 5.41) is 12.8. The van der Waals surface area contributed by atoms with Gasteiger partial charge in [-0.05, 0) is 31.2 Å². The summed E-state index contributed by atoms with van der Waals surface area (Å²) in [5.74, 6) is 0.168. The molecule has 0 saturated carbocycles. The second-order valence-corrected chi connectivity index (χ2v) is 5.71. The largest absolute Gasteiger partial charge is 0.391 e. The van der Waals surface area contributed by atoms with E-state index in [9.17, 15) is 9.90 Å². The van der Waals surface area contributed by atoms with E-state index in [0.29, 0.717) is 13.1 Å². The molecule has 0 aliphatic carbocycles. The van der Waals surface area contributed by atoms with Crippen LogP contribution in [-0.2, 0) is 4.79 Å². The Bertz CT molecular complexity index is 278. The number of nitrogens with one attached hydrogen (secondary N) is 1. The third-order valence-corrected chi connectivity index (χ3v) is 3.85. The van der Waals surface area contributed by atoms with E-state index in [4.69, 9.17) is 0 Å². The van der Waals surface area contributed by atoms with Crippen molar-refractivity contribution in [2.75, 3.05) is 19.6 Å². The molecule has 2 aliphatic rings. The molecular weight excluding hydrogens is 204 g/mol. The van der Waals surface area contributed by atoms with Crippen molar-refractivity contribution in [1.82, 2.24) is 10.2 Å². The summed E-state index contributed by atoms with van der Waals surface area (Å²) in [4.78, 5) is 14.1. The van der Waals surface area contributed by atoms with Crippen LogP contribution in [0.5, 0.6) is 0 Å². The van der Waals surface area contributed by atoms with Crippen LogP contribution in [0.4, 0.5) is 0 Å². The molecule has 2 rings (SSSR count). The molecule has 0 aromatic carbocycles. The lowest BCUT2D eigenvalue weighted by atomic mass is 9.77. The van der Waals surface area contributed by atoms with Crippen molar-refractivity contribution >= 4 is 5.91 Å². The van der Waals surface area contributed by atoms with Gasteiger partial charge in [-0.25, -0.2) is 0 Å². The standard InChI is InChI=1S/C12H22N2O2/c1-12(2)5-3-6-13-10(12)11(16)14-7-4-9(15)8-14/h9-10,13,15H,3-8H2,1-2H3/t9-,10?/m0/s1. The van der Waals surface area contributed by atoms with Gasteiger partial charge in [0.1, 0.15) is 0 Å². The molecule has 1 amide bonds. The van der Waals surface area contributed by atoms with E-state index in [1.807, 2.05) is 0 Å². The molecule has 2 atom stereocenters. The fourth-order valence-electron chi connectivity index (χ4n) is 2.76. The van der Waals surface area contributed by atoms with Gasteiger partial charge in [-0.15, -0.1) is 0 Å². The first-order valence-corrected chi connectivity index (χ1v) is 6.21. The topological polar surface area (TPSA) is 52.6 Å². The van der Waals surface area contributed by atoms with Crippen molar-refractivity contribution in [2.24, 2.45) is 5.41 Å². The summed E-state index contributed by atoms with van der Waals surface area (Å²) in [6, 6.07) is -0.0773. The molecule has 1 unspecified atom stereocenters. The number of hydrogen-bond donors (Lipinski definition) is 2. The first kappa shape index (κ1) is 11.9. The number of nitrogens with zero attached hydrogens (tertiary/aromatic N) is 1. The van der Waals surface area contributed by atoms with E-state index in [1.165, 1.54) is 0 Å². The van der Waals surface area contributed by atoms with Gasteiger partial charge in [0.05, 0.1) is 12.1 Å². The van der Waals surface area contributed by atoms with Gasteiger partial charge in [-0.1, -0.05) is 13.8 Å². The Morgan fingerprint density at radius 2 is 2.25 bits per heavy atom. The molecule has 4 heteroatoms. The van der Waals surface area contributed by atoms with Gasteiger partial charge in [-0.3, -0.25) is 4.79 Å². The second-order valence-electron chi connectivity index (χ2n) is 5.71. The maximum absolute atomic E-state index is 12.3. The molecule has 2 fully saturated rings. The van der Waals surface area contributed by atoms with E-state index >= 15 is 0 Å². The number of aliphatic hydroxyl groups excluding tert-OH is 1. The summed E-state index contributed by atoms with van der Waals surface area (Å²) in [6.07, 6.45) is 2.63. The lowest BCUT2D eigenvalue weighted by Crippen LogP contribution is -2.56. The smallest absolute Gasteiger partial charge is 0.240 e. The fourth-order valence-corrected chi connectivity index (χ4v) is 2.76. The van der Waals surface area contributed by atoms with Gasteiger partial charge >= 0.3 is 0 Å². The highest BCUT2D eigenvalue weighted by Crippen LogP contribution is 2.31. The summed E-state index contributed by atoms with van der Waals surface area (Å²) in [6.45, 7) is 6.43. The number of carbonyl (C=O) groups excluding carboxylic acids is 1. The molecule has 2 aliphatic heterocycles. The average molecular weight is 226 g/mol. The van der Waals surface area contributed by atoms with Crippen LogP contribution in [0, 0.1) is 5.41 Å². The van der Waals surface area contributed by atoms with Gasteiger partial charge in [0.25, 0.3) is 0 Å². The number of carbonyl (C=O) groups is 1. The molecule has 2 N–H and O–H groups in total. The molecule has 4 nitrogen and oxygen atoms in total. The van der Waals surface area contributed by atoms with Gasteiger partial charge in [-0.2, -0.15) is 0 Å². The van der Waals surface area contributed by atoms with Gasteiger partial charge in [0.15, 0.2) is 0 Å². The maximum atomic E-state index is 12.3. The number of β-amino-alcohol motifs (C(OH)–C–C–N with tert-alkyl or cyclic N) is 1. The van der Waals surface area contributed by atoms with E-state index in [0.717, 1.165) is 25.8 Å². The molecule has 0 radical (unpaired) electrons. The highest BCUT2D eigenvalue weighted by molar-refractivity contribution is 5.83. The number of amides is 1. The fraction of sp³-hybridized carbons (Fsp3) is 0.917. The Morgan fingerprint density at radius 1 is 1.50 bits per heavy atom. The quantitative estimate of drug-likeness (QED) is 0.678. The van der Waals surface area contributed by atoms with Crippen molar-refractivity contribution in [3.05, 3.63) is 0 Å². The third-order valence-electron chi connectivity index (χ3n) is 3.85. The van der Waals surface area contributed by atoms with E-state index in [2.05, 4.69) is 19.2 Å². The summed E-state index contributed by atoms with van der Waals surface area (Å²) in [5.41, 5.74) is 0.0306. The van der Waals surface area contributed by atoms with Crippen molar-refractivity contribution < 1.29 is 9.90 Å². The average Bonchev–Trinajstić information content (AvgIpc) is 2.63. The van der Waals surface area contributed by atoms with Crippen LogP contribution >= 0.6 is 0 Å². The Labute approximate surface area is 97.0 Å². The number of aliphatic hydroxyl groups is 1. The van der Waals surface area contributed by atoms with E-state index in [1.54, 1.807) is 4.90 Å². The molecule has 16 heavy (non-hydrogen) atoms. The molecule has 2 saturated heterocycles. The lowest BCUT2D eigenvalue weighted by molar-refractivity contribution is -0.136. The summed E-state index contributed by atoms with van der Waals surface area (Å²) >= 11 is 0. The molecule has 0 aromatic heterocycles. The molecular formula is C12H22N2O2. The predicted octanol–water partition coefficient (Wildman–Crippen LogP) is 0.358. The molecule has 0 spiro atoms. The first-order chi connectivity index (χ1) is 7.50. The number of likely N-dealkylation sites (tertiary alicyclic amines) is 1. The zero-order valence-electron chi connectivity index (χ0n) is 10.2. The summed E-state index contributed by atoms with van der Waals surface area (Å²) in [7, 11) is 0. The van der Waals surface area contributed by atoms with E-state index in [-0.39, 0.29) is 23.5 Å². The number of piperidine rings is 1. The highest BCUT2D eigenvalue weighted by atomic mass is 16.3. The van der Waals surface area contributed by atoms with Crippen molar-refractivity contribution in [3.8, 4) is 0 Å². The van der Waals surface area contributed by atoms with Crippen LogP contribution in [0.3, 0.4) is 0 Å². The Morgan fingerprint density at radius 3 is 2.81 bits per heavy atom. The molecule has 0 aromatic rings. The zero-order valence-corrected chi connectivity index (χ0v) is 10.2. The van der Waals surface area contributed by atoms with Gasteiger partial charge < -0.3 is 15.3 Å². The minimum absolute atomic E-state index is 0.0306. The molecule has 0 bridgehead atoms. The monoisotopic (exact) mass is 226 g/mol. The second kappa shape index (κ2) is 4.34. The lowest BCUT2D eigenvalue weighted by Gasteiger charge is -2.40. The van der Waals surface area contributed by atoms with Gasteiger partial charge in [0.2, 0.25) is 5.91 Å². The predicted molar refractivity (Wildman–Crippen MR) is 62.0 cm³/mol. The molecule has 2 heterocycles. The normalized spacial score (nSPS) is 34.1. The highest BCUT2D eigenvalue weighted by Gasteiger charge is 2.40. The van der Waals surface area contributed by atoms with E-state index < -0.39 is 0 Å².